The summed E-state index contributed by atoms with van der Waals surface area (Å²) in [5, 5.41) is 17.5. The molecule has 0 atom stereocenters. The highest BCUT2D eigenvalue weighted by molar-refractivity contribution is 7.98. The number of thioether (sulfide) groups is 1. The van der Waals surface area contributed by atoms with Gasteiger partial charge in [-0.3, -0.25) is 10.1 Å². The smallest absolute Gasteiger partial charge is 0.269 e. The number of hydrogen-bond acceptors (Lipinski definition) is 6. The van der Waals surface area contributed by atoms with Crippen LogP contribution in [0, 0.1) is 10.1 Å². The van der Waals surface area contributed by atoms with E-state index in [1.807, 2.05) is 30.0 Å². The van der Waals surface area contributed by atoms with Crippen LogP contribution in [-0.4, -0.2) is 50.2 Å². The van der Waals surface area contributed by atoms with Crippen LogP contribution in [0.5, 0.6) is 11.5 Å². The first-order valence-electron chi connectivity index (χ1n) is 10.0. The molecule has 0 amide bonds. The van der Waals surface area contributed by atoms with Crippen molar-refractivity contribution in [1.29, 1.82) is 0 Å². The Kier molecular flexibility index (Phi) is 10.5. The summed E-state index contributed by atoms with van der Waals surface area (Å²) in [5.41, 5.74) is 2.12. The summed E-state index contributed by atoms with van der Waals surface area (Å²) in [4.78, 5) is 15.0. The van der Waals surface area contributed by atoms with Crippen molar-refractivity contribution in [3.63, 3.8) is 0 Å². The molecule has 2 N–H and O–H groups in total. The Balaban J connectivity index is 1.96. The average Bonchev–Trinajstić information content (AvgIpc) is 2.79. The fourth-order valence-corrected chi connectivity index (χ4v) is 3.29. The number of nitro groups is 1. The molecule has 2 aromatic rings. The molecule has 168 valence electrons. The van der Waals surface area contributed by atoms with E-state index in [0.29, 0.717) is 24.6 Å². The van der Waals surface area contributed by atoms with Crippen molar-refractivity contribution in [3.05, 3.63) is 63.7 Å². The van der Waals surface area contributed by atoms with Crippen LogP contribution in [0.4, 0.5) is 5.69 Å². The molecule has 0 bridgehead atoms. The standard InChI is InChI=1S/C22H30N4O4S/c1-29-20-10-7-17(15-21(20)30-2)11-13-24-22(23-12-4-14-31-3)25-16-18-5-8-19(9-6-18)26(27)28/h5-10,15H,4,11-14,16H2,1-3H3,(H2,23,24,25). The number of rotatable bonds is 12. The molecule has 9 heteroatoms. The van der Waals surface area contributed by atoms with Gasteiger partial charge in [-0.25, -0.2) is 4.99 Å². The van der Waals surface area contributed by atoms with Crippen molar-refractivity contribution in [2.75, 3.05) is 39.3 Å². The minimum Gasteiger partial charge on any atom is -0.493 e. The fourth-order valence-electron chi connectivity index (χ4n) is 2.85. The lowest BCUT2D eigenvalue weighted by Gasteiger charge is -2.13. The quantitative estimate of drug-likeness (QED) is 0.169. The third-order valence-electron chi connectivity index (χ3n) is 4.54. The molecule has 0 spiro atoms. The average molecular weight is 447 g/mol. The number of methoxy groups -OCH3 is 2. The summed E-state index contributed by atoms with van der Waals surface area (Å²) < 4.78 is 10.6. The zero-order valence-electron chi connectivity index (χ0n) is 18.2. The normalized spacial score (nSPS) is 11.1. The van der Waals surface area contributed by atoms with Gasteiger partial charge in [0.15, 0.2) is 17.5 Å². The molecular weight excluding hydrogens is 416 g/mol. The Morgan fingerprint density at radius 2 is 1.71 bits per heavy atom. The van der Waals surface area contributed by atoms with Crippen molar-refractivity contribution in [2.45, 2.75) is 19.4 Å². The highest BCUT2D eigenvalue weighted by atomic mass is 32.2. The zero-order valence-corrected chi connectivity index (χ0v) is 19.0. The third kappa shape index (κ3) is 8.37. The van der Waals surface area contributed by atoms with E-state index in [2.05, 4.69) is 21.9 Å². The second kappa shape index (κ2) is 13.4. The molecule has 0 aliphatic carbocycles. The maximum Gasteiger partial charge on any atom is 0.269 e. The van der Waals surface area contributed by atoms with E-state index >= 15 is 0 Å². The Morgan fingerprint density at radius 3 is 2.35 bits per heavy atom. The van der Waals surface area contributed by atoms with E-state index in [0.717, 1.165) is 42.2 Å². The number of nitrogens with one attached hydrogen (secondary N) is 2. The van der Waals surface area contributed by atoms with E-state index in [9.17, 15) is 10.1 Å². The molecule has 0 aliphatic rings. The van der Waals surface area contributed by atoms with Gasteiger partial charge >= 0.3 is 0 Å². The first kappa shape index (κ1) is 24.3. The lowest BCUT2D eigenvalue weighted by molar-refractivity contribution is -0.384. The molecule has 0 unspecified atom stereocenters. The Bertz CT molecular complexity index is 859. The lowest BCUT2D eigenvalue weighted by Crippen LogP contribution is -2.39. The van der Waals surface area contributed by atoms with Crippen LogP contribution in [0.15, 0.2) is 47.5 Å². The van der Waals surface area contributed by atoms with Crippen molar-refractivity contribution in [1.82, 2.24) is 10.6 Å². The van der Waals surface area contributed by atoms with E-state index in [1.165, 1.54) is 12.1 Å². The van der Waals surface area contributed by atoms with Gasteiger partial charge in [-0.05, 0) is 48.1 Å². The fraction of sp³-hybridized carbons (Fsp3) is 0.409. The van der Waals surface area contributed by atoms with Crippen molar-refractivity contribution < 1.29 is 14.4 Å². The number of guanidine groups is 1. The predicted octanol–water partition coefficient (Wildman–Crippen LogP) is 3.64. The van der Waals surface area contributed by atoms with Gasteiger partial charge in [-0.1, -0.05) is 18.2 Å². The van der Waals surface area contributed by atoms with Crippen LogP contribution < -0.4 is 20.1 Å². The van der Waals surface area contributed by atoms with E-state index in [4.69, 9.17) is 9.47 Å². The minimum absolute atomic E-state index is 0.0798. The van der Waals surface area contributed by atoms with Crippen LogP contribution in [0.2, 0.25) is 0 Å². The molecule has 0 aliphatic heterocycles. The monoisotopic (exact) mass is 446 g/mol. The van der Waals surface area contributed by atoms with Crippen molar-refractivity contribution >= 4 is 23.4 Å². The number of hydrogen-bond donors (Lipinski definition) is 2. The molecule has 0 saturated heterocycles. The number of ether oxygens (including phenoxy) is 2. The molecule has 2 aromatic carbocycles. The molecule has 0 radical (unpaired) electrons. The van der Waals surface area contributed by atoms with Crippen molar-refractivity contribution in [3.8, 4) is 11.5 Å². The van der Waals surface area contributed by atoms with Gasteiger partial charge < -0.3 is 20.1 Å². The van der Waals surface area contributed by atoms with Crippen LogP contribution in [0.25, 0.3) is 0 Å². The Hall–Kier alpha value is -2.94. The third-order valence-corrected chi connectivity index (χ3v) is 5.24. The van der Waals surface area contributed by atoms with Gasteiger partial charge in [-0.2, -0.15) is 11.8 Å². The Labute approximate surface area is 187 Å². The SMILES string of the molecule is COc1ccc(CCNC(=NCc2ccc([N+](=O)[O-])cc2)NCCCSC)cc1OC. The number of nitro benzene ring substituents is 1. The Morgan fingerprint density at radius 1 is 1.03 bits per heavy atom. The van der Waals surface area contributed by atoms with Gasteiger partial charge in [0.05, 0.1) is 25.7 Å². The highest BCUT2D eigenvalue weighted by Gasteiger charge is 2.06. The molecule has 0 saturated carbocycles. The minimum atomic E-state index is -0.401. The largest absolute Gasteiger partial charge is 0.493 e. The van der Waals surface area contributed by atoms with Crippen molar-refractivity contribution in [2.24, 2.45) is 4.99 Å². The number of non-ortho nitro benzene ring substituents is 1. The first-order chi connectivity index (χ1) is 15.1. The maximum atomic E-state index is 10.8. The summed E-state index contributed by atoms with van der Waals surface area (Å²) in [5.74, 6) is 3.22. The summed E-state index contributed by atoms with van der Waals surface area (Å²) in [6, 6.07) is 12.4. The summed E-state index contributed by atoms with van der Waals surface area (Å²) in [6.45, 7) is 1.96. The zero-order chi connectivity index (χ0) is 22.5. The van der Waals surface area contributed by atoms with Gasteiger partial charge in [0.25, 0.3) is 5.69 Å². The molecule has 0 fully saturated rings. The number of benzene rings is 2. The summed E-state index contributed by atoms with van der Waals surface area (Å²) in [7, 11) is 3.25. The predicted molar refractivity (Wildman–Crippen MR) is 126 cm³/mol. The van der Waals surface area contributed by atoms with Crippen LogP contribution >= 0.6 is 11.8 Å². The van der Waals surface area contributed by atoms with Gasteiger partial charge in [0.1, 0.15) is 0 Å². The number of nitrogens with zero attached hydrogens (tertiary/aromatic N) is 2. The molecule has 0 heterocycles. The number of aliphatic imine (C=N–C) groups is 1. The highest BCUT2D eigenvalue weighted by Crippen LogP contribution is 2.27. The second-order valence-corrected chi connectivity index (χ2v) is 7.71. The van der Waals surface area contributed by atoms with E-state index in [-0.39, 0.29) is 5.69 Å². The van der Waals surface area contributed by atoms with Gasteiger partial charge in [0.2, 0.25) is 0 Å². The van der Waals surface area contributed by atoms with E-state index in [1.54, 1.807) is 26.4 Å². The summed E-state index contributed by atoms with van der Waals surface area (Å²) in [6.07, 6.45) is 3.92. The topological polar surface area (TPSA) is 98.0 Å². The molecule has 8 nitrogen and oxygen atoms in total. The second-order valence-electron chi connectivity index (χ2n) is 6.73. The van der Waals surface area contributed by atoms with Crippen LogP contribution in [0.1, 0.15) is 17.5 Å². The molecular formula is C22H30N4O4S. The molecule has 0 aromatic heterocycles. The molecule has 31 heavy (non-hydrogen) atoms. The van der Waals surface area contributed by atoms with Gasteiger partial charge in [-0.15, -0.1) is 0 Å². The molecule has 2 rings (SSSR count). The van der Waals surface area contributed by atoms with Crippen LogP contribution in [-0.2, 0) is 13.0 Å². The maximum absolute atomic E-state index is 10.8. The van der Waals surface area contributed by atoms with Gasteiger partial charge in [0, 0.05) is 25.2 Å². The van der Waals surface area contributed by atoms with E-state index < -0.39 is 4.92 Å². The lowest BCUT2D eigenvalue weighted by atomic mass is 10.1. The van der Waals surface area contributed by atoms with Crippen LogP contribution in [0.3, 0.4) is 0 Å². The first-order valence-corrected chi connectivity index (χ1v) is 11.4. The summed E-state index contributed by atoms with van der Waals surface area (Å²) >= 11 is 1.81.